The van der Waals surface area contributed by atoms with Crippen molar-refractivity contribution in [3.8, 4) is 17.1 Å². The maximum atomic E-state index is 12.8. The molecule has 0 aliphatic heterocycles. The number of aromatic nitrogens is 6. The first-order valence-corrected chi connectivity index (χ1v) is 10.6. The summed E-state index contributed by atoms with van der Waals surface area (Å²) in [5.74, 6) is 0.457. The van der Waals surface area contributed by atoms with Crippen LogP contribution in [0.4, 0.5) is 5.69 Å². The lowest BCUT2D eigenvalue weighted by atomic mass is 10.1. The van der Waals surface area contributed by atoms with Gasteiger partial charge in [-0.1, -0.05) is 6.07 Å². The fourth-order valence-corrected chi connectivity index (χ4v) is 3.97. The summed E-state index contributed by atoms with van der Waals surface area (Å²) in [6.07, 6.45) is 11.0. The third kappa shape index (κ3) is 4.13. The Morgan fingerprint density at radius 3 is 2.88 bits per heavy atom. The van der Waals surface area contributed by atoms with Gasteiger partial charge in [-0.25, -0.2) is 9.97 Å². The molecule has 5 aromatic rings. The first-order valence-electron chi connectivity index (χ1n) is 10.6. The molecule has 0 amide bonds. The minimum absolute atomic E-state index is 0.103. The second kappa shape index (κ2) is 8.71. The van der Waals surface area contributed by atoms with E-state index in [0.717, 1.165) is 27.8 Å². The van der Waals surface area contributed by atoms with Gasteiger partial charge in [0.1, 0.15) is 11.4 Å². The minimum Gasteiger partial charge on any atom is -0.394 e. The van der Waals surface area contributed by atoms with Crippen molar-refractivity contribution in [2.75, 3.05) is 11.9 Å². The van der Waals surface area contributed by atoms with E-state index in [1.807, 2.05) is 42.0 Å². The molecule has 5 rings (SSSR count). The quantitative estimate of drug-likeness (QED) is 0.308. The lowest BCUT2D eigenvalue weighted by Crippen LogP contribution is -2.28. The van der Waals surface area contributed by atoms with Crippen LogP contribution in [0.15, 0.2) is 72.4 Å². The Labute approximate surface area is 189 Å². The highest BCUT2D eigenvalue weighted by molar-refractivity contribution is 5.86. The van der Waals surface area contributed by atoms with Crippen LogP contribution in [0.3, 0.4) is 0 Å². The molecule has 1 atom stereocenters. The number of anilines is 1. The number of H-pyrrole nitrogens is 2. The summed E-state index contributed by atoms with van der Waals surface area (Å²) in [7, 11) is 0. The highest BCUT2D eigenvalue weighted by Gasteiger charge is 2.18. The predicted octanol–water partition coefficient (Wildman–Crippen LogP) is 2.82. The molecule has 9 heteroatoms. The molecule has 4 aromatic heterocycles. The van der Waals surface area contributed by atoms with Crippen molar-refractivity contribution >= 4 is 16.7 Å². The van der Waals surface area contributed by atoms with E-state index < -0.39 is 0 Å². The summed E-state index contributed by atoms with van der Waals surface area (Å²) >= 11 is 0. The van der Waals surface area contributed by atoms with Crippen LogP contribution in [-0.4, -0.2) is 47.2 Å². The van der Waals surface area contributed by atoms with Crippen molar-refractivity contribution < 1.29 is 5.11 Å². The summed E-state index contributed by atoms with van der Waals surface area (Å²) in [4.78, 5) is 31.8. The third-order valence-electron chi connectivity index (χ3n) is 5.55. The van der Waals surface area contributed by atoms with Crippen LogP contribution in [0.1, 0.15) is 11.1 Å². The second-order valence-corrected chi connectivity index (χ2v) is 7.90. The second-order valence-electron chi connectivity index (χ2n) is 7.90. The Hall–Kier alpha value is -4.24. The number of hydrogen-bond donors (Lipinski definition) is 4. The van der Waals surface area contributed by atoms with E-state index in [1.54, 1.807) is 37.2 Å². The van der Waals surface area contributed by atoms with Crippen LogP contribution in [0.25, 0.3) is 28.1 Å². The van der Waals surface area contributed by atoms with Gasteiger partial charge in [0.25, 0.3) is 5.56 Å². The van der Waals surface area contributed by atoms with Gasteiger partial charge in [-0.15, -0.1) is 0 Å². The number of rotatable bonds is 7. The van der Waals surface area contributed by atoms with Crippen LogP contribution in [0, 0.1) is 6.92 Å². The number of nitrogens with one attached hydrogen (secondary N) is 3. The standard InChI is InChI=1S/C24H23N7O2/c1-15-9-18(31-8-7-26-14-31)11-20-22(15)30-23(29-20)21-19(4-6-27-24(21)33)28-17(13-32)10-16-3-2-5-25-12-16/h2-9,11-12,14,17,32H,10,13H2,1H3,(H,29,30)(H2,27,28,33). The summed E-state index contributed by atoms with van der Waals surface area (Å²) in [5.41, 5.74) is 5.23. The number of aromatic amines is 2. The average Bonchev–Trinajstić information content (AvgIpc) is 3.50. The van der Waals surface area contributed by atoms with E-state index in [-0.39, 0.29) is 18.2 Å². The van der Waals surface area contributed by atoms with Gasteiger partial charge in [0.15, 0.2) is 0 Å². The number of fused-ring (bicyclic) bond motifs is 1. The number of hydrogen-bond acceptors (Lipinski definition) is 6. The molecule has 0 aliphatic rings. The SMILES string of the molecule is Cc1cc(-n2ccnc2)cc2[nH]c(-c3c(NC(CO)Cc4cccnc4)cc[nH]c3=O)nc12. The number of pyridine rings is 2. The van der Waals surface area contributed by atoms with E-state index in [2.05, 4.69) is 25.3 Å². The van der Waals surface area contributed by atoms with Gasteiger partial charge in [-0.05, 0) is 48.7 Å². The molecular formula is C24H23N7O2. The van der Waals surface area contributed by atoms with E-state index in [1.165, 1.54) is 0 Å². The Morgan fingerprint density at radius 2 is 2.12 bits per heavy atom. The predicted molar refractivity (Wildman–Crippen MR) is 126 cm³/mol. The van der Waals surface area contributed by atoms with Crippen LogP contribution >= 0.6 is 0 Å². The molecular weight excluding hydrogens is 418 g/mol. The Balaban J connectivity index is 1.53. The fraction of sp³-hybridized carbons (Fsp3) is 0.167. The molecule has 166 valence electrons. The Morgan fingerprint density at radius 1 is 1.21 bits per heavy atom. The first kappa shape index (κ1) is 20.7. The maximum Gasteiger partial charge on any atom is 0.261 e. The highest BCUT2D eigenvalue weighted by Crippen LogP contribution is 2.28. The lowest BCUT2D eigenvalue weighted by molar-refractivity contribution is 0.273. The molecule has 0 aliphatic carbocycles. The van der Waals surface area contributed by atoms with Crippen LogP contribution in [-0.2, 0) is 6.42 Å². The number of nitrogens with zero attached hydrogens (tertiary/aromatic N) is 4. The van der Waals surface area contributed by atoms with Crippen LogP contribution < -0.4 is 10.9 Å². The molecule has 0 spiro atoms. The van der Waals surface area contributed by atoms with Gasteiger partial charge in [0, 0.05) is 36.7 Å². The van der Waals surface area contributed by atoms with Crippen LogP contribution in [0.2, 0.25) is 0 Å². The van der Waals surface area contributed by atoms with Gasteiger partial charge in [0.05, 0.1) is 35.7 Å². The zero-order valence-corrected chi connectivity index (χ0v) is 18.0. The zero-order valence-electron chi connectivity index (χ0n) is 18.0. The molecule has 0 saturated carbocycles. The van der Waals surface area contributed by atoms with Crippen molar-refractivity contribution in [2.45, 2.75) is 19.4 Å². The van der Waals surface area contributed by atoms with Crippen molar-refractivity contribution in [3.63, 3.8) is 0 Å². The molecule has 0 fully saturated rings. The largest absolute Gasteiger partial charge is 0.394 e. The molecule has 4 N–H and O–H groups in total. The minimum atomic E-state index is -0.297. The number of aryl methyl sites for hydroxylation is 1. The smallest absolute Gasteiger partial charge is 0.261 e. The number of imidazole rings is 2. The molecule has 4 heterocycles. The van der Waals surface area contributed by atoms with E-state index in [4.69, 9.17) is 4.98 Å². The molecule has 33 heavy (non-hydrogen) atoms. The summed E-state index contributed by atoms with van der Waals surface area (Å²) in [6.45, 7) is 1.88. The molecule has 9 nitrogen and oxygen atoms in total. The van der Waals surface area contributed by atoms with Gasteiger partial charge in [-0.2, -0.15) is 0 Å². The molecule has 1 aromatic carbocycles. The Kier molecular flexibility index (Phi) is 5.45. The third-order valence-corrected chi connectivity index (χ3v) is 5.55. The van der Waals surface area contributed by atoms with Crippen molar-refractivity contribution in [3.05, 3.63) is 89.1 Å². The highest BCUT2D eigenvalue weighted by atomic mass is 16.3. The summed E-state index contributed by atoms with van der Waals surface area (Å²) < 4.78 is 1.92. The molecule has 0 saturated heterocycles. The first-order chi connectivity index (χ1) is 16.1. The van der Waals surface area contributed by atoms with Gasteiger partial charge < -0.3 is 25.0 Å². The van der Waals surface area contributed by atoms with Gasteiger partial charge >= 0.3 is 0 Å². The average molecular weight is 441 g/mol. The molecule has 0 radical (unpaired) electrons. The lowest BCUT2D eigenvalue weighted by Gasteiger charge is -2.19. The van der Waals surface area contributed by atoms with Gasteiger partial charge in [0.2, 0.25) is 0 Å². The van der Waals surface area contributed by atoms with E-state index >= 15 is 0 Å². The Bertz CT molecular complexity index is 1440. The summed E-state index contributed by atoms with van der Waals surface area (Å²) in [5, 5.41) is 13.3. The number of aliphatic hydroxyl groups excluding tert-OH is 1. The monoisotopic (exact) mass is 441 g/mol. The maximum absolute atomic E-state index is 12.8. The molecule has 0 bridgehead atoms. The summed E-state index contributed by atoms with van der Waals surface area (Å²) in [6, 6.07) is 9.29. The number of aliphatic hydroxyl groups is 1. The zero-order chi connectivity index (χ0) is 22.8. The van der Waals surface area contributed by atoms with E-state index in [0.29, 0.717) is 23.5 Å². The fourth-order valence-electron chi connectivity index (χ4n) is 3.97. The number of benzene rings is 1. The normalized spacial score (nSPS) is 12.2. The topological polar surface area (TPSA) is 125 Å². The van der Waals surface area contributed by atoms with Gasteiger partial charge in [-0.3, -0.25) is 9.78 Å². The van der Waals surface area contributed by atoms with Crippen molar-refractivity contribution in [1.29, 1.82) is 0 Å². The van der Waals surface area contributed by atoms with Crippen molar-refractivity contribution in [1.82, 2.24) is 29.5 Å². The van der Waals surface area contributed by atoms with Crippen LogP contribution in [0.5, 0.6) is 0 Å². The molecule has 1 unspecified atom stereocenters. The van der Waals surface area contributed by atoms with Crippen molar-refractivity contribution in [2.24, 2.45) is 0 Å². The van der Waals surface area contributed by atoms with E-state index in [9.17, 15) is 9.90 Å².